The minimum atomic E-state index is -3.65. The SMILES string of the molecule is CCC(C(=O)NCCSC1CCCC1)N(c1cc(Cl)ccc1C)S(C)(=O)=O. The fourth-order valence-electron chi connectivity index (χ4n) is 3.43. The van der Waals surface area contributed by atoms with Gasteiger partial charge in [0, 0.05) is 22.6 Å². The predicted molar refractivity (Wildman–Crippen MR) is 115 cm³/mol. The van der Waals surface area contributed by atoms with Crippen LogP contribution in [-0.4, -0.2) is 44.2 Å². The Labute approximate surface area is 172 Å². The van der Waals surface area contributed by atoms with Crippen molar-refractivity contribution in [3.05, 3.63) is 28.8 Å². The summed E-state index contributed by atoms with van der Waals surface area (Å²) in [7, 11) is -3.65. The number of hydrogen-bond acceptors (Lipinski definition) is 4. The first kappa shape index (κ1) is 22.4. The Morgan fingerprint density at radius 3 is 2.63 bits per heavy atom. The lowest BCUT2D eigenvalue weighted by molar-refractivity contribution is -0.122. The number of rotatable bonds is 9. The molecule has 1 aromatic rings. The second-order valence-electron chi connectivity index (χ2n) is 6.98. The quantitative estimate of drug-likeness (QED) is 0.599. The fraction of sp³-hybridized carbons (Fsp3) is 0.632. The first-order chi connectivity index (χ1) is 12.7. The van der Waals surface area contributed by atoms with Crippen LogP contribution in [0, 0.1) is 6.92 Å². The van der Waals surface area contributed by atoms with Crippen molar-refractivity contribution in [1.29, 1.82) is 0 Å². The Hall–Kier alpha value is -0.920. The molecule has 1 fully saturated rings. The van der Waals surface area contributed by atoms with Crippen molar-refractivity contribution in [3.8, 4) is 0 Å². The van der Waals surface area contributed by atoms with E-state index >= 15 is 0 Å². The molecule has 1 saturated carbocycles. The van der Waals surface area contributed by atoms with Gasteiger partial charge in [0.15, 0.2) is 0 Å². The molecule has 0 bridgehead atoms. The molecule has 1 N–H and O–H groups in total. The summed E-state index contributed by atoms with van der Waals surface area (Å²) in [4.78, 5) is 12.8. The summed E-state index contributed by atoms with van der Waals surface area (Å²) in [5.74, 6) is 0.580. The molecule has 1 aromatic carbocycles. The van der Waals surface area contributed by atoms with E-state index in [0.29, 0.717) is 28.9 Å². The summed E-state index contributed by atoms with van der Waals surface area (Å²) in [5.41, 5.74) is 1.21. The number of aryl methyl sites for hydroxylation is 1. The monoisotopic (exact) mass is 432 g/mol. The summed E-state index contributed by atoms with van der Waals surface area (Å²) < 4.78 is 26.2. The van der Waals surface area contributed by atoms with E-state index in [2.05, 4.69) is 5.32 Å². The predicted octanol–water partition coefficient (Wildman–Crippen LogP) is 3.99. The van der Waals surface area contributed by atoms with Crippen molar-refractivity contribution >= 4 is 45.0 Å². The van der Waals surface area contributed by atoms with Gasteiger partial charge in [-0.1, -0.05) is 37.4 Å². The van der Waals surface area contributed by atoms with Gasteiger partial charge < -0.3 is 5.32 Å². The first-order valence-corrected chi connectivity index (χ1v) is 12.7. The molecule has 0 aliphatic heterocycles. The zero-order valence-electron chi connectivity index (χ0n) is 16.2. The number of anilines is 1. The highest BCUT2D eigenvalue weighted by Gasteiger charge is 2.32. The molecular formula is C19H29ClN2O3S2. The van der Waals surface area contributed by atoms with Crippen LogP contribution in [0.2, 0.25) is 5.02 Å². The normalized spacial score (nSPS) is 16.3. The molecular weight excluding hydrogens is 404 g/mol. The fourth-order valence-corrected chi connectivity index (χ4v) is 6.08. The molecule has 8 heteroatoms. The van der Waals surface area contributed by atoms with Gasteiger partial charge >= 0.3 is 0 Å². The summed E-state index contributed by atoms with van der Waals surface area (Å²) in [6.07, 6.45) is 6.60. The highest BCUT2D eigenvalue weighted by Crippen LogP contribution is 2.30. The summed E-state index contributed by atoms with van der Waals surface area (Å²) in [6.45, 7) is 4.17. The Morgan fingerprint density at radius 1 is 1.37 bits per heavy atom. The number of benzene rings is 1. The van der Waals surface area contributed by atoms with Gasteiger partial charge in [-0.25, -0.2) is 8.42 Å². The largest absolute Gasteiger partial charge is 0.353 e. The van der Waals surface area contributed by atoms with Gasteiger partial charge in [0.05, 0.1) is 11.9 Å². The van der Waals surface area contributed by atoms with E-state index in [9.17, 15) is 13.2 Å². The van der Waals surface area contributed by atoms with Crippen molar-refractivity contribution in [2.24, 2.45) is 0 Å². The third kappa shape index (κ3) is 6.29. The zero-order chi connectivity index (χ0) is 20.0. The topological polar surface area (TPSA) is 66.5 Å². The molecule has 0 aromatic heterocycles. The van der Waals surface area contributed by atoms with E-state index in [1.165, 1.54) is 30.0 Å². The van der Waals surface area contributed by atoms with Gasteiger partial charge in [0.2, 0.25) is 15.9 Å². The highest BCUT2D eigenvalue weighted by atomic mass is 35.5. The lowest BCUT2D eigenvalue weighted by atomic mass is 10.1. The van der Waals surface area contributed by atoms with E-state index in [4.69, 9.17) is 11.6 Å². The third-order valence-electron chi connectivity index (χ3n) is 4.80. The summed E-state index contributed by atoms with van der Waals surface area (Å²) in [6, 6.07) is 4.28. The van der Waals surface area contributed by atoms with Crippen molar-refractivity contribution in [3.63, 3.8) is 0 Å². The molecule has 27 heavy (non-hydrogen) atoms. The average Bonchev–Trinajstić information content (AvgIpc) is 3.11. The van der Waals surface area contributed by atoms with Crippen LogP contribution in [0.15, 0.2) is 18.2 Å². The van der Waals surface area contributed by atoms with Gasteiger partial charge in [-0.05, 0) is 43.9 Å². The number of carbonyl (C=O) groups excluding carboxylic acids is 1. The van der Waals surface area contributed by atoms with Crippen LogP contribution < -0.4 is 9.62 Å². The Balaban J connectivity index is 2.09. The van der Waals surface area contributed by atoms with Gasteiger partial charge in [0.25, 0.3) is 0 Å². The molecule has 0 saturated heterocycles. The highest BCUT2D eigenvalue weighted by molar-refractivity contribution is 7.99. The minimum Gasteiger partial charge on any atom is -0.353 e. The van der Waals surface area contributed by atoms with Crippen LogP contribution in [0.4, 0.5) is 5.69 Å². The number of nitrogens with zero attached hydrogens (tertiary/aromatic N) is 1. The molecule has 1 amide bonds. The number of thioether (sulfide) groups is 1. The van der Waals surface area contributed by atoms with Crippen LogP contribution in [0.5, 0.6) is 0 Å². The van der Waals surface area contributed by atoms with Crippen LogP contribution >= 0.6 is 23.4 Å². The van der Waals surface area contributed by atoms with Crippen LogP contribution in [0.25, 0.3) is 0 Å². The average molecular weight is 433 g/mol. The second kappa shape index (κ2) is 10.0. The molecule has 1 unspecified atom stereocenters. The molecule has 1 atom stereocenters. The maximum absolute atomic E-state index is 12.8. The van der Waals surface area contributed by atoms with Crippen molar-refractivity contribution in [2.75, 3.05) is 22.9 Å². The van der Waals surface area contributed by atoms with Gasteiger partial charge in [-0.3, -0.25) is 9.10 Å². The molecule has 2 rings (SSSR count). The number of sulfonamides is 1. The second-order valence-corrected chi connectivity index (χ2v) is 10.7. The molecule has 0 radical (unpaired) electrons. The van der Waals surface area contributed by atoms with Crippen LogP contribution in [0.3, 0.4) is 0 Å². The number of halogens is 1. The molecule has 152 valence electrons. The van der Waals surface area contributed by atoms with E-state index in [-0.39, 0.29) is 5.91 Å². The van der Waals surface area contributed by atoms with Crippen molar-refractivity contribution in [1.82, 2.24) is 5.32 Å². The first-order valence-electron chi connectivity index (χ1n) is 9.39. The molecule has 1 aliphatic rings. The Kier molecular flexibility index (Phi) is 8.31. The van der Waals surface area contributed by atoms with Crippen LogP contribution in [-0.2, 0) is 14.8 Å². The Morgan fingerprint density at radius 2 is 2.04 bits per heavy atom. The number of carbonyl (C=O) groups is 1. The van der Waals surface area contributed by atoms with Gasteiger partial charge in [0.1, 0.15) is 6.04 Å². The maximum atomic E-state index is 12.8. The minimum absolute atomic E-state index is 0.269. The van der Waals surface area contributed by atoms with Crippen molar-refractivity contribution < 1.29 is 13.2 Å². The zero-order valence-corrected chi connectivity index (χ0v) is 18.6. The van der Waals surface area contributed by atoms with Gasteiger partial charge in [-0.15, -0.1) is 0 Å². The number of amides is 1. The number of hydrogen-bond donors (Lipinski definition) is 1. The van der Waals surface area contributed by atoms with E-state index in [0.717, 1.165) is 17.6 Å². The van der Waals surface area contributed by atoms with E-state index in [1.54, 1.807) is 18.2 Å². The van der Waals surface area contributed by atoms with Crippen molar-refractivity contribution in [2.45, 2.75) is 57.2 Å². The summed E-state index contributed by atoms with van der Waals surface area (Å²) >= 11 is 7.97. The third-order valence-corrected chi connectivity index (χ3v) is 7.58. The molecule has 0 heterocycles. The lowest BCUT2D eigenvalue weighted by Crippen LogP contribution is -2.50. The van der Waals surface area contributed by atoms with Gasteiger partial charge in [-0.2, -0.15) is 11.8 Å². The number of nitrogens with one attached hydrogen (secondary N) is 1. The van der Waals surface area contributed by atoms with E-state index < -0.39 is 16.1 Å². The van der Waals surface area contributed by atoms with E-state index in [1.807, 2.05) is 25.6 Å². The molecule has 0 spiro atoms. The van der Waals surface area contributed by atoms with Crippen LogP contribution in [0.1, 0.15) is 44.6 Å². The summed E-state index contributed by atoms with van der Waals surface area (Å²) in [5, 5.41) is 4.05. The molecule has 1 aliphatic carbocycles. The standard InChI is InChI=1S/C19H29ClN2O3S2/c1-4-17(19(23)21-11-12-26-16-7-5-6-8-16)22(27(3,24)25)18-13-15(20)10-9-14(18)2/h9-10,13,16-17H,4-8,11-12H2,1-3H3,(H,21,23). The maximum Gasteiger partial charge on any atom is 0.243 e. The molecule has 5 nitrogen and oxygen atoms in total. The smallest absolute Gasteiger partial charge is 0.243 e. The Bertz CT molecular complexity index is 749. The lowest BCUT2D eigenvalue weighted by Gasteiger charge is -2.31.